The molecule has 2 aromatic heterocycles. The zero-order chi connectivity index (χ0) is 45.6. The number of benzene rings is 6. The molecule has 0 saturated heterocycles. The zero-order valence-corrected chi connectivity index (χ0v) is 40.7. The van der Waals surface area contributed by atoms with E-state index in [9.17, 15) is 5.11 Å². The number of aromatic hydroxyl groups is 1. The first-order chi connectivity index (χ1) is 32.3. The van der Waals surface area contributed by atoms with Gasteiger partial charge in [0.2, 0.25) is 0 Å². The van der Waals surface area contributed by atoms with Crippen molar-refractivity contribution in [1.29, 1.82) is 0 Å². The average molecular weight is 915 g/mol. The van der Waals surface area contributed by atoms with Gasteiger partial charge in [0, 0.05) is 80.4 Å². The lowest BCUT2D eigenvalue weighted by atomic mass is 10.0. The van der Waals surface area contributed by atoms with Gasteiger partial charge in [-0.1, -0.05) is 100.0 Å². The summed E-state index contributed by atoms with van der Waals surface area (Å²) in [6.45, 7) is 20.1. The molecule has 0 unspecified atom stereocenters. The SMILES string of the molecule is CCN(CC)CCOc1ccc(Cn2c3c(c4cc(C)ccc42)CSc2ccccc2-3)cc1.CCN(CC)CCOc1ccc(Cn2c3c(c4cc(O)ccc42)CSc2ccccc2-3)cc1. The number of rotatable bonds is 16. The second-order valence-electron chi connectivity index (χ2n) is 17.2. The summed E-state index contributed by atoms with van der Waals surface area (Å²) < 4.78 is 16.9. The van der Waals surface area contributed by atoms with Crippen molar-refractivity contribution in [1.82, 2.24) is 18.9 Å². The van der Waals surface area contributed by atoms with Gasteiger partial charge in [0.25, 0.3) is 0 Å². The lowest BCUT2D eigenvalue weighted by molar-refractivity contribution is 0.222. The molecule has 9 heteroatoms. The van der Waals surface area contributed by atoms with E-state index in [0.29, 0.717) is 12.4 Å². The number of aromatic nitrogens is 2. The van der Waals surface area contributed by atoms with Crippen LogP contribution in [0.1, 0.15) is 55.5 Å². The maximum absolute atomic E-state index is 10.2. The number of phenolic OH excluding ortho intramolecular Hbond substituents is 1. The molecule has 6 aromatic carbocycles. The predicted octanol–water partition coefficient (Wildman–Crippen LogP) is 13.4. The van der Waals surface area contributed by atoms with Crippen LogP contribution in [-0.4, -0.2) is 76.5 Å². The Bertz CT molecular complexity index is 2710. The molecule has 340 valence electrons. The Morgan fingerprint density at radius 3 is 1.44 bits per heavy atom. The molecular formula is C57H62N4O3S2. The van der Waals surface area contributed by atoms with Crippen molar-refractivity contribution in [3.63, 3.8) is 0 Å². The number of fused-ring (bicyclic) bond motifs is 10. The monoisotopic (exact) mass is 914 g/mol. The lowest BCUT2D eigenvalue weighted by Gasteiger charge is -2.20. The summed E-state index contributed by atoms with van der Waals surface area (Å²) in [7, 11) is 0. The number of likely N-dealkylation sites (N-methyl/N-ethyl adjacent to an activating group) is 2. The Morgan fingerprint density at radius 1 is 0.530 bits per heavy atom. The van der Waals surface area contributed by atoms with Crippen LogP contribution in [0.2, 0.25) is 0 Å². The van der Waals surface area contributed by atoms with E-state index < -0.39 is 0 Å². The molecule has 0 spiro atoms. The van der Waals surface area contributed by atoms with Gasteiger partial charge in [0.15, 0.2) is 0 Å². The summed E-state index contributed by atoms with van der Waals surface area (Å²) in [6, 6.07) is 47.2. The van der Waals surface area contributed by atoms with Crippen molar-refractivity contribution in [2.24, 2.45) is 0 Å². The highest BCUT2D eigenvalue weighted by Gasteiger charge is 2.26. The van der Waals surface area contributed by atoms with Crippen LogP contribution in [0.4, 0.5) is 0 Å². The molecule has 0 aliphatic carbocycles. The van der Waals surface area contributed by atoms with Gasteiger partial charge in [0.05, 0.1) is 11.4 Å². The van der Waals surface area contributed by atoms with Crippen molar-refractivity contribution >= 4 is 45.3 Å². The van der Waals surface area contributed by atoms with Crippen LogP contribution in [0.25, 0.3) is 44.3 Å². The van der Waals surface area contributed by atoms with Gasteiger partial charge in [-0.25, -0.2) is 0 Å². The Hall–Kier alpha value is -5.58. The molecule has 0 bridgehead atoms. The van der Waals surface area contributed by atoms with E-state index in [1.807, 2.05) is 35.7 Å². The average Bonchev–Trinajstić information content (AvgIpc) is 3.83. The van der Waals surface area contributed by atoms with E-state index in [0.717, 1.165) is 92.9 Å². The standard InChI is InChI=1S/C29H32N2OS.C28H30N2O2S/c1-4-30(5-2)16-17-32-23-13-11-22(12-14-23)19-31-27-15-10-21(3)18-25(27)26-20-33-28-9-7-6-8-24(28)29(26)31;1-3-29(4-2)15-16-32-22-12-9-20(10-13-22)18-30-26-14-11-21(31)17-24(26)25-19-33-27-8-6-5-7-23(27)28(25)30/h6-15,18H,4-5,16-17,19-20H2,1-3H3;5-14,17,31H,3-4,15-16,18-19H2,1-2H3. The largest absolute Gasteiger partial charge is 0.508 e. The van der Waals surface area contributed by atoms with Gasteiger partial charge in [-0.05, 0) is 122 Å². The van der Waals surface area contributed by atoms with Crippen molar-refractivity contribution < 1.29 is 14.6 Å². The highest BCUT2D eigenvalue weighted by molar-refractivity contribution is 7.99. The topological polar surface area (TPSA) is 55.0 Å². The first-order valence-corrected chi connectivity index (χ1v) is 25.6. The molecule has 0 fully saturated rings. The molecule has 7 nitrogen and oxygen atoms in total. The molecule has 66 heavy (non-hydrogen) atoms. The minimum atomic E-state index is 0.317. The van der Waals surface area contributed by atoms with E-state index in [1.165, 1.54) is 71.0 Å². The van der Waals surface area contributed by atoms with Crippen molar-refractivity contribution in [3.05, 3.63) is 161 Å². The Labute approximate surface area is 399 Å². The normalized spacial score (nSPS) is 12.7. The van der Waals surface area contributed by atoms with Gasteiger partial charge in [-0.3, -0.25) is 0 Å². The number of ether oxygens (including phenoxy) is 2. The summed E-state index contributed by atoms with van der Waals surface area (Å²) in [4.78, 5) is 7.44. The number of hydrogen-bond donors (Lipinski definition) is 1. The van der Waals surface area contributed by atoms with Gasteiger partial charge in [-0.15, -0.1) is 23.5 Å². The molecule has 0 saturated carbocycles. The fraction of sp³-hybridized carbons (Fsp3) is 0.298. The molecule has 0 amide bonds. The second-order valence-corrected chi connectivity index (χ2v) is 19.2. The van der Waals surface area contributed by atoms with Crippen LogP contribution in [0, 0.1) is 6.92 Å². The van der Waals surface area contributed by atoms with Crippen LogP contribution in [0.3, 0.4) is 0 Å². The fourth-order valence-corrected chi connectivity index (χ4v) is 11.6. The number of thioether (sulfide) groups is 2. The van der Waals surface area contributed by atoms with Gasteiger partial charge in [0.1, 0.15) is 30.5 Å². The third kappa shape index (κ3) is 9.77. The highest BCUT2D eigenvalue weighted by atomic mass is 32.2. The molecular weight excluding hydrogens is 853 g/mol. The molecule has 10 rings (SSSR count). The van der Waals surface area contributed by atoms with E-state index in [1.54, 1.807) is 6.07 Å². The summed E-state index contributed by atoms with van der Waals surface area (Å²) in [5.74, 6) is 4.12. The van der Waals surface area contributed by atoms with Gasteiger partial charge in [-0.2, -0.15) is 0 Å². The van der Waals surface area contributed by atoms with E-state index in [4.69, 9.17) is 9.47 Å². The quantitative estimate of drug-likeness (QED) is 0.104. The van der Waals surface area contributed by atoms with Crippen LogP contribution >= 0.6 is 23.5 Å². The van der Waals surface area contributed by atoms with Crippen LogP contribution in [-0.2, 0) is 24.6 Å². The lowest BCUT2D eigenvalue weighted by Crippen LogP contribution is -2.27. The maximum Gasteiger partial charge on any atom is 0.119 e. The Kier molecular flexibility index (Phi) is 14.5. The molecule has 4 heterocycles. The summed E-state index contributed by atoms with van der Waals surface area (Å²) >= 11 is 3.82. The predicted molar refractivity (Wildman–Crippen MR) is 278 cm³/mol. The summed E-state index contributed by atoms with van der Waals surface area (Å²) in [5.41, 5.74) is 14.4. The minimum Gasteiger partial charge on any atom is -0.508 e. The van der Waals surface area contributed by atoms with Crippen molar-refractivity contribution in [3.8, 4) is 39.8 Å². The molecule has 1 N–H and O–H groups in total. The smallest absolute Gasteiger partial charge is 0.119 e. The van der Waals surface area contributed by atoms with Crippen molar-refractivity contribution in [2.45, 2.75) is 69.0 Å². The first kappa shape index (κ1) is 45.6. The van der Waals surface area contributed by atoms with Crippen LogP contribution in [0.5, 0.6) is 17.2 Å². The Morgan fingerprint density at radius 2 is 0.970 bits per heavy atom. The number of nitrogens with zero attached hydrogens (tertiary/aromatic N) is 4. The molecule has 2 aliphatic rings. The molecule has 0 atom stereocenters. The van der Waals surface area contributed by atoms with Crippen molar-refractivity contribution in [2.75, 3.05) is 52.5 Å². The minimum absolute atomic E-state index is 0.317. The third-order valence-corrected chi connectivity index (χ3v) is 15.4. The number of aryl methyl sites for hydroxylation is 1. The third-order valence-electron chi connectivity index (χ3n) is 13.2. The summed E-state index contributed by atoms with van der Waals surface area (Å²) in [5, 5.41) is 12.7. The molecule has 8 aromatic rings. The maximum atomic E-state index is 10.2. The van der Waals surface area contributed by atoms with E-state index in [2.05, 4.69) is 169 Å². The second kappa shape index (κ2) is 20.9. The highest BCUT2D eigenvalue weighted by Crippen LogP contribution is 2.48. The Balaban J connectivity index is 0.000000166. The summed E-state index contributed by atoms with van der Waals surface area (Å²) in [6.07, 6.45) is 0. The number of phenols is 1. The molecule has 2 aliphatic heterocycles. The molecule has 0 radical (unpaired) electrons. The number of hydrogen-bond acceptors (Lipinski definition) is 7. The van der Waals surface area contributed by atoms with E-state index in [-0.39, 0.29) is 0 Å². The van der Waals surface area contributed by atoms with Gasteiger partial charge < -0.3 is 33.5 Å². The van der Waals surface area contributed by atoms with Gasteiger partial charge >= 0.3 is 0 Å². The zero-order valence-electron chi connectivity index (χ0n) is 39.1. The first-order valence-electron chi connectivity index (χ1n) is 23.6. The fourth-order valence-electron chi connectivity index (χ4n) is 9.47. The van der Waals surface area contributed by atoms with E-state index >= 15 is 0 Å². The van der Waals surface area contributed by atoms with Crippen LogP contribution < -0.4 is 9.47 Å². The van der Waals surface area contributed by atoms with Crippen LogP contribution in [0.15, 0.2) is 143 Å².